The zero-order chi connectivity index (χ0) is 17.9. The van der Waals surface area contributed by atoms with Crippen LogP contribution in [0.2, 0.25) is 0 Å². The SMILES string of the molecule is Fc1cc(F)cc(CNc2cc(-c3cccnc3)nc(NC3CC3)n2)c1. The number of rotatable bonds is 6. The number of pyridine rings is 1. The maximum absolute atomic E-state index is 13.3. The molecular weight excluding hydrogens is 336 g/mol. The van der Waals surface area contributed by atoms with Gasteiger partial charge in [0.15, 0.2) is 0 Å². The highest BCUT2D eigenvalue weighted by Crippen LogP contribution is 2.26. The van der Waals surface area contributed by atoms with Gasteiger partial charge in [-0.3, -0.25) is 4.98 Å². The molecule has 1 saturated carbocycles. The van der Waals surface area contributed by atoms with Gasteiger partial charge >= 0.3 is 0 Å². The van der Waals surface area contributed by atoms with Crippen LogP contribution in [0.25, 0.3) is 11.3 Å². The molecule has 0 amide bonds. The van der Waals surface area contributed by atoms with Crippen LogP contribution in [-0.2, 0) is 6.54 Å². The Balaban J connectivity index is 1.59. The summed E-state index contributed by atoms with van der Waals surface area (Å²) in [7, 11) is 0. The quantitative estimate of drug-likeness (QED) is 0.701. The molecule has 132 valence electrons. The second kappa shape index (κ2) is 7.03. The van der Waals surface area contributed by atoms with Gasteiger partial charge in [0.2, 0.25) is 5.95 Å². The van der Waals surface area contributed by atoms with Crippen LogP contribution in [0.15, 0.2) is 48.8 Å². The summed E-state index contributed by atoms with van der Waals surface area (Å²) < 4.78 is 26.7. The lowest BCUT2D eigenvalue weighted by Crippen LogP contribution is -2.09. The van der Waals surface area contributed by atoms with Gasteiger partial charge in [-0.25, -0.2) is 13.8 Å². The summed E-state index contributed by atoms with van der Waals surface area (Å²) in [5, 5.41) is 6.39. The minimum absolute atomic E-state index is 0.251. The van der Waals surface area contributed by atoms with Gasteiger partial charge in [0, 0.05) is 42.7 Å². The smallest absolute Gasteiger partial charge is 0.225 e. The van der Waals surface area contributed by atoms with Crippen molar-refractivity contribution in [2.45, 2.75) is 25.4 Å². The predicted molar refractivity (Wildman–Crippen MR) is 95.6 cm³/mol. The zero-order valence-electron chi connectivity index (χ0n) is 13.9. The first-order valence-corrected chi connectivity index (χ1v) is 8.40. The number of anilines is 2. The minimum Gasteiger partial charge on any atom is -0.366 e. The van der Waals surface area contributed by atoms with E-state index in [0.29, 0.717) is 23.4 Å². The van der Waals surface area contributed by atoms with Crippen LogP contribution in [0.4, 0.5) is 20.5 Å². The van der Waals surface area contributed by atoms with Crippen molar-refractivity contribution in [3.8, 4) is 11.3 Å². The fourth-order valence-electron chi connectivity index (χ4n) is 2.58. The Kier molecular flexibility index (Phi) is 4.43. The van der Waals surface area contributed by atoms with E-state index in [2.05, 4.69) is 25.6 Å². The van der Waals surface area contributed by atoms with Crippen LogP contribution in [0, 0.1) is 11.6 Å². The van der Waals surface area contributed by atoms with Crippen LogP contribution in [0.5, 0.6) is 0 Å². The largest absolute Gasteiger partial charge is 0.366 e. The maximum atomic E-state index is 13.3. The number of benzene rings is 1. The summed E-state index contributed by atoms with van der Waals surface area (Å²) >= 11 is 0. The Hall–Kier alpha value is -3.09. The standard InChI is InChI=1S/C19H17F2N5/c20-14-6-12(7-15(21)8-14)10-23-18-9-17(13-2-1-5-22-11-13)25-19(26-18)24-16-3-4-16/h1-2,5-9,11,16H,3-4,10H2,(H2,23,24,25,26). The summed E-state index contributed by atoms with van der Waals surface area (Å²) in [6.07, 6.45) is 5.64. The average Bonchev–Trinajstić information content (AvgIpc) is 3.44. The van der Waals surface area contributed by atoms with E-state index < -0.39 is 11.6 Å². The van der Waals surface area contributed by atoms with Crippen molar-refractivity contribution in [3.05, 3.63) is 66.0 Å². The highest BCUT2D eigenvalue weighted by atomic mass is 19.1. The van der Waals surface area contributed by atoms with E-state index in [-0.39, 0.29) is 6.54 Å². The van der Waals surface area contributed by atoms with Crippen molar-refractivity contribution in [1.82, 2.24) is 15.0 Å². The first kappa shape index (κ1) is 16.4. The predicted octanol–water partition coefficient (Wildman–Crippen LogP) is 4.00. The maximum Gasteiger partial charge on any atom is 0.225 e. The molecule has 3 aromatic rings. The Morgan fingerprint density at radius 2 is 1.85 bits per heavy atom. The van der Waals surface area contributed by atoms with E-state index in [4.69, 9.17) is 0 Å². The highest BCUT2D eigenvalue weighted by molar-refractivity contribution is 5.63. The molecular formula is C19H17F2N5. The van der Waals surface area contributed by atoms with Gasteiger partial charge < -0.3 is 10.6 Å². The first-order chi connectivity index (χ1) is 12.7. The summed E-state index contributed by atoms with van der Waals surface area (Å²) in [6.45, 7) is 0.251. The van der Waals surface area contributed by atoms with Crippen LogP contribution >= 0.6 is 0 Å². The van der Waals surface area contributed by atoms with Crippen molar-refractivity contribution < 1.29 is 8.78 Å². The molecule has 5 nitrogen and oxygen atoms in total. The van der Waals surface area contributed by atoms with Gasteiger partial charge in [-0.15, -0.1) is 0 Å². The van der Waals surface area contributed by atoms with E-state index in [9.17, 15) is 8.78 Å². The molecule has 0 unspecified atom stereocenters. The zero-order valence-corrected chi connectivity index (χ0v) is 13.9. The van der Waals surface area contributed by atoms with Gasteiger partial charge in [0.1, 0.15) is 17.5 Å². The molecule has 0 spiro atoms. The molecule has 0 saturated heterocycles. The van der Waals surface area contributed by atoms with Crippen LogP contribution in [0.3, 0.4) is 0 Å². The fraction of sp³-hybridized carbons (Fsp3) is 0.211. The molecule has 1 aliphatic rings. The number of hydrogen-bond acceptors (Lipinski definition) is 5. The van der Waals surface area contributed by atoms with E-state index in [1.165, 1.54) is 12.1 Å². The van der Waals surface area contributed by atoms with Crippen molar-refractivity contribution in [2.75, 3.05) is 10.6 Å². The summed E-state index contributed by atoms with van der Waals surface area (Å²) in [6, 6.07) is 9.41. The van der Waals surface area contributed by atoms with E-state index in [1.54, 1.807) is 18.5 Å². The van der Waals surface area contributed by atoms with Crippen LogP contribution in [0.1, 0.15) is 18.4 Å². The number of halogens is 2. The Morgan fingerprint density at radius 3 is 2.54 bits per heavy atom. The second-order valence-corrected chi connectivity index (χ2v) is 6.25. The summed E-state index contributed by atoms with van der Waals surface area (Å²) in [5.41, 5.74) is 2.10. The van der Waals surface area contributed by atoms with E-state index in [0.717, 1.165) is 30.2 Å². The van der Waals surface area contributed by atoms with Gasteiger partial charge in [-0.05, 0) is 42.7 Å². The second-order valence-electron chi connectivity index (χ2n) is 6.25. The molecule has 0 radical (unpaired) electrons. The van der Waals surface area contributed by atoms with Crippen molar-refractivity contribution in [3.63, 3.8) is 0 Å². The summed E-state index contributed by atoms with van der Waals surface area (Å²) in [4.78, 5) is 13.1. The summed E-state index contributed by atoms with van der Waals surface area (Å²) in [5.74, 6) is -0.0956. The van der Waals surface area contributed by atoms with Gasteiger partial charge in [-0.1, -0.05) is 0 Å². The molecule has 1 fully saturated rings. The lowest BCUT2D eigenvalue weighted by atomic mass is 10.2. The van der Waals surface area contributed by atoms with Crippen molar-refractivity contribution in [1.29, 1.82) is 0 Å². The third kappa shape index (κ3) is 4.11. The molecule has 26 heavy (non-hydrogen) atoms. The molecule has 1 aliphatic carbocycles. The monoisotopic (exact) mass is 353 g/mol. The molecule has 2 N–H and O–H groups in total. The Bertz CT molecular complexity index is 893. The number of nitrogens with zero attached hydrogens (tertiary/aromatic N) is 3. The Morgan fingerprint density at radius 1 is 1.04 bits per heavy atom. The third-order valence-corrected chi connectivity index (χ3v) is 3.99. The van der Waals surface area contributed by atoms with Crippen LogP contribution < -0.4 is 10.6 Å². The topological polar surface area (TPSA) is 62.7 Å². The lowest BCUT2D eigenvalue weighted by molar-refractivity contribution is 0.580. The van der Waals surface area contributed by atoms with Gasteiger partial charge in [-0.2, -0.15) is 4.98 Å². The molecule has 0 atom stereocenters. The van der Waals surface area contributed by atoms with Crippen molar-refractivity contribution in [2.24, 2.45) is 0 Å². The molecule has 0 aliphatic heterocycles. The molecule has 7 heteroatoms. The molecule has 2 aromatic heterocycles. The number of nitrogens with one attached hydrogen (secondary N) is 2. The molecule has 1 aromatic carbocycles. The highest BCUT2D eigenvalue weighted by Gasteiger charge is 2.22. The lowest BCUT2D eigenvalue weighted by Gasteiger charge is -2.11. The molecule has 4 rings (SSSR count). The average molecular weight is 353 g/mol. The van der Waals surface area contributed by atoms with Gasteiger partial charge in [0.25, 0.3) is 0 Å². The molecule has 2 heterocycles. The van der Waals surface area contributed by atoms with E-state index in [1.807, 2.05) is 12.1 Å². The normalized spacial score (nSPS) is 13.5. The van der Waals surface area contributed by atoms with E-state index >= 15 is 0 Å². The first-order valence-electron chi connectivity index (χ1n) is 8.40. The number of hydrogen-bond donors (Lipinski definition) is 2. The molecule has 0 bridgehead atoms. The fourth-order valence-corrected chi connectivity index (χ4v) is 2.58. The van der Waals surface area contributed by atoms with Crippen molar-refractivity contribution >= 4 is 11.8 Å². The minimum atomic E-state index is -0.600. The van der Waals surface area contributed by atoms with Gasteiger partial charge in [0.05, 0.1) is 5.69 Å². The van der Waals surface area contributed by atoms with Crippen LogP contribution in [-0.4, -0.2) is 21.0 Å². The third-order valence-electron chi connectivity index (χ3n) is 3.99. The number of aromatic nitrogens is 3. The Labute approximate surface area is 149 Å².